The first-order valence-electron chi connectivity index (χ1n) is 5.86. The van der Waals surface area contributed by atoms with Gasteiger partial charge in [0, 0.05) is 28.7 Å². The lowest BCUT2D eigenvalue weighted by Crippen LogP contribution is -2.31. The molecule has 1 aromatic heterocycles. The monoisotopic (exact) mass is 260 g/mol. The molecular formula is C13H16N4S. The number of para-hydroxylation sites is 1. The second-order valence-corrected chi connectivity index (χ2v) is 4.35. The predicted molar refractivity (Wildman–Crippen MR) is 80.0 cm³/mol. The quantitative estimate of drug-likeness (QED) is 0.451. The predicted octanol–water partition coefficient (Wildman–Crippen LogP) is 2.29. The van der Waals surface area contributed by atoms with Gasteiger partial charge in [-0.1, -0.05) is 18.2 Å². The van der Waals surface area contributed by atoms with Crippen LogP contribution in [0.5, 0.6) is 0 Å². The number of hydrogen-bond donors (Lipinski definition) is 3. The number of hydrazone groups is 1. The molecule has 0 atom stereocenters. The summed E-state index contributed by atoms with van der Waals surface area (Å²) in [6.07, 6.45) is 1.79. The van der Waals surface area contributed by atoms with Gasteiger partial charge in [0.15, 0.2) is 5.11 Å². The molecule has 0 fully saturated rings. The van der Waals surface area contributed by atoms with Crippen molar-refractivity contribution < 1.29 is 0 Å². The van der Waals surface area contributed by atoms with Crippen LogP contribution in [0.4, 0.5) is 0 Å². The largest absolute Gasteiger partial charge is 0.362 e. The van der Waals surface area contributed by atoms with E-state index in [0.29, 0.717) is 5.11 Å². The van der Waals surface area contributed by atoms with Gasteiger partial charge < -0.3 is 10.3 Å². The molecule has 0 saturated heterocycles. The third-order valence-corrected chi connectivity index (χ3v) is 2.88. The van der Waals surface area contributed by atoms with Gasteiger partial charge in [0.05, 0.1) is 6.21 Å². The molecule has 0 spiro atoms. The van der Waals surface area contributed by atoms with E-state index in [4.69, 9.17) is 12.2 Å². The first kappa shape index (κ1) is 12.6. The number of thiocarbonyl (C=S) groups is 1. The Morgan fingerprint density at radius 3 is 3.00 bits per heavy atom. The molecule has 5 heteroatoms. The molecule has 0 unspecified atom stereocenters. The number of nitrogens with one attached hydrogen (secondary N) is 3. The standard InChI is InChI=1S/C13H16N4S/c1-3-14-13(18)17-15-8-11-9(2)16-12-7-5-4-6-10(11)12/h4-8,16H,3H2,1-2H3,(H2,14,17,18)/b15-8+. The van der Waals surface area contributed by atoms with E-state index in [1.807, 2.05) is 26.0 Å². The maximum absolute atomic E-state index is 5.03. The van der Waals surface area contributed by atoms with Crippen molar-refractivity contribution in [2.45, 2.75) is 13.8 Å². The fraction of sp³-hybridized carbons (Fsp3) is 0.231. The van der Waals surface area contributed by atoms with Crippen molar-refractivity contribution in [1.29, 1.82) is 0 Å². The smallest absolute Gasteiger partial charge is 0.186 e. The van der Waals surface area contributed by atoms with E-state index >= 15 is 0 Å². The topological polar surface area (TPSA) is 52.2 Å². The Kier molecular flexibility index (Phi) is 3.94. The number of H-pyrrole nitrogens is 1. The third kappa shape index (κ3) is 2.68. The third-order valence-electron chi connectivity index (χ3n) is 2.64. The summed E-state index contributed by atoms with van der Waals surface area (Å²) in [6, 6.07) is 8.15. The van der Waals surface area contributed by atoms with Gasteiger partial charge >= 0.3 is 0 Å². The van der Waals surface area contributed by atoms with Crippen LogP contribution in [0.2, 0.25) is 0 Å². The van der Waals surface area contributed by atoms with Crippen LogP contribution in [0.15, 0.2) is 29.4 Å². The summed E-state index contributed by atoms with van der Waals surface area (Å²) in [4.78, 5) is 3.32. The summed E-state index contributed by atoms with van der Waals surface area (Å²) in [6.45, 7) is 4.80. The lowest BCUT2D eigenvalue weighted by molar-refractivity contribution is 0.904. The molecular weight excluding hydrogens is 244 g/mol. The molecule has 0 saturated carbocycles. The van der Waals surface area contributed by atoms with Gasteiger partial charge in [-0.3, -0.25) is 5.43 Å². The second kappa shape index (κ2) is 5.64. The average molecular weight is 260 g/mol. The molecule has 0 aliphatic carbocycles. The highest BCUT2D eigenvalue weighted by Gasteiger charge is 2.04. The van der Waals surface area contributed by atoms with Gasteiger partial charge in [-0.25, -0.2) is 0 Å². The number of aryl methyl sites for hydroxylation is 1. The van der Waals surface area contributed by atoms with E-state index in [1.165, 1.54) is 0 Å². The Labute approximate surface area is 111 Å². The Morgan fingerprint density at radius 1 is 1.44 bits per heavy atom. The van der Waals surface area contributed by atoms with Gasteiger partial charge in [-0.2, -0.15) is 5.10 Å². The SMILES string of the molecule is CCNC(=S)N/N=C/c1c(C)[nH]c2ccccc12. The van der Waals surface area contributed by atoms with E-state index in [-0.39, 0.29) is 0 Å². The van der Waals surface area contributed by atoms with Crippen molar-refractivity contribution in [3.8, 4) is 0 Å². The van der Waals surface area contributed by atoms with Crippen molar-refractivity contribution in [3.05, 3.63) is 35.5 Å². The molecule has 3 N–H and O–H groups in total. The molecule has 0 aliphatic rings. The first-order valence-corrected chi connectivity index (χ1v) is 6.27. The minimum Gasteiger partial charge on any atom is -0.362 e. The molecule has 0 aliphatic heterocycles. The average Bonchev–Trinajstić information content (AvgIpc) is 2.66. The number of hydrogen-bond acceptors (Lipinski definition) is 2. The maximum Gasteiger partial charge on any atom is 0.186 e. The fourth-order valence-electron chi connectivity index (χ4n) is 1.82. The van der Waals surface area contributed by atoms with E-state index in [9.17, 15) is 0 Å². The fourth-order valence-corrected chi connectivity index (χ4v) is 2.02. The minimum absolute atomic E-state index is 0.534. The molecule has 2 aromatic rings. The Morgan fingerprint density at radius 2 is 2.22 bits per heavy atom. The second-order valence-electron chi connectivity index (χ2n) is 3.94. The van der Waals surface area contributed by atoms with Crippen LogP contribution in [0.3, 0.4) is 0 Å². The van der Waals surface area contributed by atoms with E-state index < -0.39 is 0 Å². The van der Waals surface area contributed by atoms with Crippen LogP contribution in [0.25, 0.3) is 10.9 Å². The summed E-state index contributed by atoms with van der Waals surface area (Å²) >= 11 is 5.03. The van der Waals surface area contributed by atoms with Crippen molar-refractivity contribution in [3.63, 3.8) is 0 Å². The minimum atomic E-state index is 0.534. The van der Waals surface area contributed by atoms with Crippen molar-refractivity contribution in [1.82, 2.24) is 15.7 Å². The molecule has 94 valence electrons. The molecule has 0 amide bonds. The van der Waals surface area contributed by atoms with E-state index in [1.54, 1.807) is 6.21 Å². The summed E-state index contributed by atoms with van der Waals surface area (Å²) in [7, 11) is 0. The van der Waals surface area contributed by atoms with Crippen LogP contribution >= 0.6 is 12.2 Å². The summed E-state index contributed by atoms with van der Waals surface area (Å²) < 4.78 is 0. The summed E-state index contributed by atoms with van der Waals surface area (Å²) in [5.74, 6) is 0. The van der Waals surface area contributed by atoms with Crippen LogP contribution in [0.1, 0.15) is 18.2 Å². The zero-order valence-electron chi connectivity index (χ0n) is 10.4. The normalized spacial score (nSPS) is 11.0. The van der Waals surface area contributed by atoms with Crippen LogP contribution < -0.4 is 10.7 Å². The summed E-state index contributed by atoms with van der Waals surface area (Å²) in [5.41, 5.74) is 6.08. The Balaban J connectivity index is 2.18. The van der Waals surface area contributed by atoms with Gasteiger partial charge in [0.1, 0.15) is 0 Å². The molecule has 18 heavy (non-hydrogen) atoms. The Bertz CT molecular complexity index is 586. The van der Waals surface area contributed by atoms with Crippen molar-refractivity contribution in [2.75, 3.05) is 6.54 Å². The van der Waals surface area contributed by atoms with E-state index in [2.05, 4.69) is 33.0 Å². The van der Waals surface area contributed by atoms with Crippen molar-refractivity contribution >= 4 is 34.4 Å². The molecule has 0 radical (unpaired) electrons. The number of aromatic amines is 1. The van der Waals surface area contributed by atoms with E-state index in [0.717, 1.165) is 28.7 Å². The lowest BCUT2D eigenvalue weighted by Gasteiger charge is -2.02. The maximum atomic E-state index is 5.03. The summed E-state index contributed by atoms with van der Waals surface area (Å²) in [5, 5.41) is 8.82. The van der Waals surface area contributed by atoms with Crippen LogP contribution in [-0.4, -0.2) is 22.9 Å². The first-order chi connectivity index (χ1) is 8.72. The molecule has 2 rings (SSSR count). The highest BCUT2D eigenvalue weighted by molar-refractivity contribution is 7.80. The van der Waals surface area contributed by atoms with Gasteiger partial charge in [-0.15, -0.1) is 0 Å². The molecule has 4 nitrogen and oxygen atoms in total. The van der Waals surface area contributed by atoms with Gasteiger partial charge in [-0.05, 0) is 32.1 Å². The Hall–Kier alpha value is -1.88. The number of fused-ring (bicyclic) bond motifs is 1. The zero-order valence-corrected chi connectivity index (χ0v) is 11.3. The molecule has 0 bridgehead atoms. The molecule has 1 aromatic carbocycles. The highest BCUT2D eigenvalue weighted by Crippen LogP contribution is 2.19. The number of aromatic nitrogens is 1. The number of benzene rings is 1. The van der Waals surface area contributed by atoms with Gasteiger partial charge in [0.25, 0.3) is 0 Å². The van der Waals surface area contributed by atoms with Crippen LogP contribution in [-0.2, 0) is 0 Å². The molecule has 1 heterocycles. The number of nitrogens with zero attached hydrogens (tertiary/aromatic N) is 1. The lowest BCUT2D eigenvalue weighted by atomic mass is 10.1. The number of rotatable bonds is 3. The zero-order chi connectivity index (χ0) is 13.0. The highest BCUT2D eigenvalue weighted by atomic mass is 32.1. The van der Waals surface area contributed by atoms with Crippen LogP contribution in [0, 0.1) is 6.92 Å². The van der Waals surface area contributed by atoms with Gasteiger partial charge in [0.2, 0.25) is 0 Å². The van der Waals surface area contributed by atoms with Crippen molar-refractivity contribution in [2.24, 2.45) is 5.10 Å².